The van der Waals surface area contributed by atoms with Crippen LogP contribution < -0.4 is 10.1 Å². The van der Waals surface area contributed by atoms with E-state index in [4.69, 9.17) is 9.47 Å². The third-order valence-electron chi connectivity index (χ3n) is 4.08. The monoisotopic (exact) mass is 279 g/mol. The standard InChI is InChI=1S/C16H25NO3/c1-17-16(14-8-3-4-9-15(14)18)12-6-5-7-13(10-12)20-11-19-2/h5-7,10,14-18H,3-4,8-9,11H2,1-2H3/t14-,15+,16?/m0/s1. The van der Waals surface area contributed by atoms with E-state index >= 15 is 0 Å². The van der Waals surface area contributed by atoms with Crippen molar-refractivity contribution in [3.8, 4) is 5.75 Å². The van der Waals surface area contributed by atoms with Crippen LogP contribution in [0.15, 0.2) is 24.3 Å². The van der Waals surface area contributed by atoms with E-state index in [1.807, 2.05) is 25.2 Å². The van der Waals surface area contributed by atoms with Crippen LogP contribution >= 0.6 is 0 Å². The molecule has 0 saturated heterocycles. The molecule has 4 nitrogen and oxygen atoms in total. The molecule has 2 rings (SSSR count). The first-order chi connectivity index (χ1) is 9.76. The second kappa shape index (κ2) is 7.62. The van der Waals surface area contributed by atoms with Gasteiger partial charge in [-0.05, 0) is 37.6 Å². The number of ether oxygens (including phenoxy) is 2. The normalized spacial score (nSPS) is 24.4. The molecule has 0 radical (unpaired) electrons. The van der Waals surface area contributed by atoms with Crippen LogP contribution in [0, 0.1) is 5.92 Å². The van der Waals surface area contributed by atoms with Crippen molar-refractivity contribution >= 4 is 0 Å². The van der Waals surface area contributed by atoms with Crippen molar-refractivity contribution in [2.75, 3.05) is 21.0 Å². The summed E-state index contributed by atoms with van der Waals surface area (Å²) in [6.45, 7) is 0.250. The Bertz CT molecular complexity index is 410. The van der Waals surface area contributed by atoms with Gasteiger partial charge in [-0.3, -0.25) is 0 Å². The molecule has 2 N–H and O–H groups in total. The highest BCUT2D eigenvalue weighted by molar-refractivity contribution is 5.31. The van der Waals surface area contributed by atoms with Crippen molar-refractivity contribution in [1.82, 2.24) is 5.32 Å². The molecule has 3 atom stereocenters. The molecule has 1 aromatic carbocycles. The fourth-order valence-electron chi connectivity index (χ4n) is 3.08. The predicted molar refractivity (Wildman–Crippen MR) is 78.7 cm³/mol. The lowest BCUT2D eigenvalue weighted by atomic mass is 9.79. The largest absolute Gasteiger partial charge is 0.468 e. The van der Waals surface area contributed by atoms with Crippen molar-refractivity contribution in [3.63, 3.8) is 0 Å². The minimum atomic E-state index is -0.218. The van der Waals surface area contributed by atoms with Crippen LogP contribution in [0.5, 0.6) is 5.75 Å². The Morgan fingerprint density at radius 2 is 2.15 bits per heavy atom. The van der Waals surface area contributed by atoms with Crippen molar-refractivity contribution in [3.05, 3.63) is 29.8 Å². The Hall–Kier alpha value is -1.10. The molecule has 0 bridgehead atoms. The van der Waals surface area contributed by atoms with Gasteiger partial charge >= 0.3 is 0 Å². The quantitative estimate of drug-likeness (QED) is 0.786. The Morgan fingerprint density at radius 3 is 2.85 bits per heavy atom. The third-order valence-corrected chi connectivity index (χ3v) is 4.08. The molecule has 4 heteroatoms. The van der Waals surface area contributed by atoms with E-state index in [1.165, 1.54) is 6.42 Å². The van der Waals surface area contributed by atoms with Crippen LogP contribution in [0.4, 0.5) is 0 Å². The molecule has 20 heavy (non-hydrogen) atoms. The average Bonchev–Trinajstić information content (AvgIpc) is 2.48. The van der Waals surface area contributed by atoms with Gasteiger partial charge in [0.15, 0.2) is 6.79 Å². The first kappa shape index (κ1) is 15.3. The first-order valence-electron chi connectivity index (χ1n) is 7.33. The van der Waals surface area contributed by atoms with Crippen molar-refractivity contribution in [2.45, 2.75) is 37.8 Å². The Balaban J connectivity index is 2.13. The van der Waals surface area contributed by atoms with Crippen LogP contribution in [-0.4, -0.2) is 32.2 Å². The molecule has 0 aromatic heterocycles. The summed E-state index contributed by atoms with van der Waals surface area (Å²) in [5.74, 6) is 1.07. The number of benzene rings is 1. The molecule has 1 fully saturated rings. The number of hydrogen-bond donors (Lipinski definition) is 2. The second-order valence-electron chi connectivity index (χ2n) is 5.41. The molecular weight excluding hydrogens is 254 g/mol. The Labute approximate surface area is 121 Å². The molecular formula is C16H25NO3. The number of rotatable bonds is 6. The summed E-state index contributed by atoms with van der Waals surface area (Å²) in [7, 11) is 3.56. The van der Waals surface area contributed by atoms with Gasteiger partial charge in [0.05, 0.1) is 6.10 Å². The molecule has 1 saturated carbocycles. The van der Waals surface area contributed by atoms with Gasteiger partial charge in [0.1, 0.15) is 5.75 Å². The summed E-state index contributed by atoms with van der Waals surface area (Å²) in [4.78, 5) is 0. The Morgan fingerprint density at radius 1 is 1.35 bits per heavy atom. The predicted octanol–water partition coefficient (Wildman–Crippen LogP) is 2.48. The number of hydrogen-bond acceptors (Lipinski definition) is 4. The molecule has 1 unspecified atom stereocenters. The SMILES string of the molecule is CNC(c1cccc(OCOC)c1)[C@H]1CCCC[C@H]1O. The molecule has 1 aliphatic carbocycles. The summed E-state index contributed by atoms with van der Waals surface area (Å²) in [5.41, 5.74) is 1.16. The van der Waals surface area contributed by atoms with E-state index in [2.05, 4.69) is 11.4 Å². The van der Waals surface area contributed by atoms with E-state index in [1.54, 1.807) is 7.11 Å². The first-order valence-corrected chi connectivity index (χ1v) is 7.33. The summed E-state index contributed by atoms with van der Waals surface area (Å²) < 4.78 is 10.4. The number of aliphatic hydroxyl groups is 1. The summed E-state index contributed by atoms with van der Waals surface area (Å²) in [6, 6.07) is 8.19. The molecule has 0 spiro atoms. The highest BCUT2D eigenvalue weighted by Gasteiger charge is 2.30. The van der Waals surface area contributed by atoms with Crippen LogP contribution in [0.1, 0.15) is 37.3 Å². The van der Waals surface area contributed by atoms with Gasteiger partial charge in [-0.2, -0.15) is 0 Å². The number of aliphatic hydroxyl groups excluding tert-OH is 1. The van der Waals surface area contributed by atoms with Gasteiger partial charge in [-0.1, -0.05) is 25.0 Å². The maximum absolute atomic E-state index is 10.3. The molecule has 1 aliphatic rings. The molecule has 0 heterocycles. The topological polar surface area (TPSA) is 50.7 Å². The smallest absolute Gasteiger partial charge is 0.188 e. The van der Waals surface area contributed by atoms with E-state index in [0.29, 0.717) is 0 Å². The third kappa shape index (κ3) is 3.72. The highest BCUT2D eigenvalue weighted by atomic mass is 16.7. The zero-order chi connectivity index (χ0) is 14.4. The maximum Gasteiger partial charge on any atom is 0.188 e. The van der Waals surface area contributed by atoms with E-state index in [0.717, 1.165) is 30.6 Å². The van der Waals surface area contributed by atoms with Gasteiger partial charge in [-0.15, -0.1) is 0 Å². The van der Waals surface area contributed by atoms with Crippen LogP contribution in [0.25, 0.3) is 0 Å². The van der Waals surface area contributed by atoms with Gasteiger partial charge in [0, 0.05) is 19.1 Å². The van der Waals surface area contributed by atoms with Gasteiger partial charge in [-0.25, -0.2) is 0 Å². The zero-order valence-electron chi connectivity index (χ0n) is 12.3. The van der Waals surface area contributed by atoms with Gasteiger partial charge < -0.3 is 19.9 Å². The fraction of sp³-hybridized carbons (Fsp3) is 0.625. The van der Waals surface area contributed by atoms with Crippen molar-refractivity contribution < 1.29 is 14.6 Å². The minimum absolute atomic E-state index is 0.163. The molecule has 0 amide bonds. The van der Waals surface area contributed by atoms with Crippen molar-refractivity contribution in [2.24, 2.45) is 5.92 Å². The van der Waals surface area contributed by atoms with E-state index in [-0.39, 0.29) is 24.9 Å². The highest BCUT2D eigenvalue weighted by Crippen LogP contribution is 2.35. The average molecular weight is 279 g/mol. The lowest BCUT2D eigenvalue weighted by Gasteiger charge is -2.34. The lowest BCUT2D eigenvalue weighted by Crippen LogP contribution is -2.35. The van der Waals surface area contributed by atoms with Crippen molar-refractivity contribution in [1.29, 1.82) is 0 Å². The number of methoxy groups -OCH3 is 1. The summed E-state index contributed by atoms with van der Waals surface area (Å²) in [6.07, 6.45) is 4.08. The van der Waals surface area contributed by atoms with Crippen LogP contribution in [0.2, 0.25) is 0 Å². The Kier molecular flexibility index (Phi) is 5.83. The number of nitrogens with one attached hydrogen (secondary N) is 1. The molecule has 1 aromatic rings. The van der Waals surface area contributed by atoms with E-state index in [9.17, 15) is 5.11 Å². The van der Waals surface area contributed by atoms with Gasteiger partial charge in [0.25, 0.3) is 0 Å². The van der Waals surface area contributed by atoms with Crippen LogP contribution in [0.3, 0.4) is 0 Å². The van der Waals surface area contributed by atoms with E-state index < -0.39 is 0 Å². The summed E-state index contributed by atoms with van der Waals surface area (Å²) in [5, 5.41) is 13.6. The lowest BCUT2D eigenvalue weighted by molar-refractivity contribution is 0.0473. The van der Waals surface area contributed by atoms with Gasteiger partial charge in [0.2, 0.25) is 0 Å². The summed E-state index contributed by atoms with van der Waals surface area (Å²) >= 11 is 0. The maximum atomic E-state index is 10.3. The molecule has 112 valence electrons. The van der Waals surface area contributed by atoms with Crippen LogP contribution in [-0.2, 0) is 4.74 Å². The fourth-order valence-corrected chi connectivity index (χ4v) is 3.08. The second-order valence-corrected chi connectivity index (χ2v) is 5.41. The zero-order valence-corrected chi connectivity index (χ0v) is 12.3. The molecule has 0 aliphatic heterocycles. The minimum Gasteiger partial charge on any atom is -0.468 e.